The third-order valence-corrected chi connectivity index (χ3v) is 4.76. The van der Waals surface area contributed by atoms with Crippen LogP contribution in [0, 0.1) is 5.92 Å². The lowest BCUT2D eigenvalue weighted by Crippen LogP contribution is -2.24. The summed E-state index contributed by atoms with van der Waals surface area (Å²) in [7, 11) is 0. The summed E-state index contributed by atoms with van der Waals surface area (Å²) in [5.41, 5.74) is 0. The molecule has 1 atom stereocenters. The molecule has 0 aliphatic heterocycles. The summed E-state index contributed by atoms with van der Waals surface area (Å²) in [6, 6.07) is 0. The number of ketones is 2. The molecule has 1 aliphatic rings. The second-order valence-corrected chi connectivity index (χ2v) is 7.12. The van der Waals surface area contributed by atoms with Crippen molar-refractivity contribution in [2.75, 3.05) is 6.54 Å². The predicted molar refractivity (Wildman–Crippen MR) is 106 cm³/mol. The zero-order valence-corrected chi connectivity index (χ0v) is 16.3. The first kappa shape index (κ1) is 22.3. The quantitative estimate of drug-likeness (QED) is 0.340. The molecule has 1 aliphatic carbocycles. The normalized spacial score (nSPS) is 16.0. The zero-order chi connectivity index (χ0) is 19.0. The summed E-state index contributed by atoms with van der Waals surface area (Å²) in [4.78, 5) is 35.4. The molecule has 1 rings (SSSR count). The number of allylic oxidation sites excluding steroid dienone is 4. The van der Waals surface area contributed by atoms with E-state index in [1.807, 2.05) is 0 Å². The topological polar surface area (TPSA) is 63.2 Å². The highest BCUT2D eigenvalue weighted by Gasteiger charge is 2.22. The van der Waals surface area contributed by atoms with E-state index in [0.29, 0.717) is 19.4 Å². The van der Waals surface area contributed by atoms with Gasteiger partial charge in [0.15, 0.2) is 5.78 Å². The van der Waals surface area contributed by atoms with E-state index in [4.69, 9.17) is 0 Å². The van der Waals surface area contributed by atoms with Crippen LogP contribution in [-0.4, -0.2) is 24.0 Å². The molecule has 0 heterocycles. The Labute approximate surface area is 158 Å². The lowest BCUT2D eigenvalue weighted by Gasteiger charge is -2.10. The SMILES string of the molecule is CCCCCCCCCC(=O)NCCCCCC(=O)C1C=CC=CC1=O. The lowest BCUT2D eigenvalue weighted by atomic mass is 9.92. The van der Waals surface area contributed by atoms with Crippen molar-refractivity contribution in [1.82, 2.24) is 5.32 Å². The highest BCUT2D eigenvalue weighted by molar-refractivity contribution is 6.09. The van der Waals surface area contributed by atoms with Crippen molar-refractivity contribution in [3.05, 3.63) is 24.3 Å². The molecule has 4 nitrogen and oxygen atoms in total. The number of unbranched alkanes of at least 4 members (excludes halogenated alkanes) is 8. The molecule has 1 amide bonds. The van der Waals surface area contributed by atoms with Crippen LogP contribution in [0.15, 0.2) is 24.3 Å². The number of nitrogens with one attached hydrogen (secondary N) is 1. The van der Waals surface area contributed by atoms with Crippen molar-refractivity contribution in [2.24, 2.45) is 5.92 Å². The van der Waals surface area contributed by atoms with Crippen LogP contribution in [0.25, 0.3) is 0 Å². The largest absolute Gasteiger partial charge is 0.356 e. The fourth-order valence-electron chi connectivity index (χ4n) is 3.11. The van der Waals surface area contributed by atoms with Crippen LogP contribution >= 0.6 is 0 Å². The van der Waals surface area contributed by atoms with E-state index in [-0.39, 0.29) is 17.5 Å². The van der Waals surface area contributed by atoms with Crippen molar-refractivity contribution < 1.29 is 14.4 Å². The molecule has 1 unspecified atom stereocenters. The van der Waals surface area contributed by atoms with Crippen LogP contribution in [0.2, 0.25) is 0 Å². The van der Waals surface area contributed by atoms with Crippen LogP contribution in [0.1, 0.15) is 84.0 Å². The second kappa shape index (κ2) is 14.5. The Bertz CT molecular complexity index is 494. The van der Waals surface area contributed by atoms with Gasteiger partial charge in [-0.05, 0) is 25.3 Å². The van der Waals surface area contributed by atoms with Crippen LogP contribution in [-0.2, 0) is 14.4 Å². The molecule has 4 heteroatoms. The molecule has 0 saturated heterocycles. The molecule has 146 valence electrons. The van der Waals surface area contributed by atoms with E-state index in [2.05, 4.69) is 12.2 Å². The molecule has 0 saturated carbocycles. The van der Waals surface area contributed by atoms with Crippen molar-refractivity contribution >= 4 is 17.5 Å². The summed E-state index contributed by atoms with van der Waals surface area (Å²) >= 11 is 0. The first-order valence-corrected chi connectivity index (χ1v) is 10.3. The van der Waals surface area contributed by atoms with Gasteiger partial charge < -0.3 is 5.32 Å². The van der Waals surface area contributed by atoms with Gasteiger partial charge in [-0.25, -0.2) is 0 Å². The van der Waals surface area contributed by atoms with E-state index in [0.717, 1.165) is 32.1 Å². The number of carbonyl (C=O) groups excluding carboxylic acids is 3. The van der Waals surface area contributed by atoms with Crippen LogP contribution < -0.4 is 5.32 Å². The smallest absolute Gasteiger partial charge is 0.219 e. The maximum atomic E-state index is 12.0. The maximum absolute atomic E-state index is 12.0. The van der Waals surface area contributed by atoms with Crippen molar-refractivity contribution in [1.29, 1.82) is 0 Å². The first-order valence-electron chi connectivity index (χ1n) is 10.3. The molecule has 0 radical (unpaired) electrons. The molecular weight excluding hydrogens is 326 g/mol. The Morgan fingerprint density at radius 2 is 1.54 bits per heavy atom. The Morgan fingerprint density at radius 1 is 0.885 bits per heavy atom. The minimum absolute atomic E-state index is 0.00132. The summed E-state index contributed by atoms with van der Waals surface area (Å²) < 4.78 is 0. The third-order valence-electron chi connectivity index (χ3n) is 4.76. The molecule has 0 aromatic rings. The fraction of sp³-hybridized carbons (Fsp3) is 0.682. The van der Waals surface area contributed by atoms with Gasteiger partial charge in [-0.15, -0.1) is 0 Å². The summed E-state index contributed by atoms with van der Waals surface area (Å²) in [6.45, 7) is 2.89. The van der Waals surface area contributed by atoms with E-state index in [1.165, 1.54) is 38.2 Å². The number of carbonyl (C=O) groups is 3. The third kappa shape index (κ3) is 10.3. The molecule has 0 aromatic heterocycles. The molecular formula is C22H35NO3. The van der Waals surface area contributed by atoms with Crippen LogP contribution in [0.3, 0.4) is 0 Å². The first-order chi connectivity index (χ1) is 12.6. The summed E-state index contributed by atoms with van der Waals surface area (Å²) in [5.74, 6) is -0.560. The lowest BCUT2D eigenvalue weighted by molar-refractivity contribution is -0.128. The van der Waals surface area contributed by atoms with E-state index >= 15 is 0 Å². The molecule has 0 spiro atoms. The number of Topliss-reactive ketones (excluding diaryl/α,β-unsaturated/α-hetero) is 1. The highest BCUT2D eigenvalue weighted by atomic mass is 16.2. The molecule has 1 N–H and O–H groups in total. The Hall–Kier alpha value is -1.71. The monoisotopic (exact) mass is 361 g/mol. The van der Waals surface area contributed by atoms with Gasteiger partial charge in [0, 0.05) is 19.4 Å². The fourth-order valence-corrected chi connectivity index (χ4v) is 3.11. The van der Waals surface area contributed by atoms with E-state index < -0.39 is 5.92 Å². The molecule has 26 heavy (non-hydrogen) atoms. The van der Waals surface area contributed by atoms with Crippen molar-refractivity contribution in [3.63, 3.8) is 0 Å². The van der Waals surface area contributed by atoms with Gasteiger partial charge in [-0.2, -0.15) is 0 Å². The van der Waals surface area contributed by atoms with E-state index in [9.17, 15) is 14.4 Å². The van der Waals surface area contributed by atoms with Crippen LogP contribution in [0.5, 0.6) is 0 Å². The van der Waals surface area contributed by atoms with E-state index in [1.54, 1.807) is 18.2 Å². The average Bonchev–Trinajstić information content (AvgIpc) is 2.64. The van der Waals surface area contributed by atoms with Gasteiger partial charge in [0.2, 0.25) is 5.91 Å². The standard InChI is InChI=1S/C22H35NO3/c1-2-3-4-5-6-7-10-17-22(26)23-18-13-8-9-15-20(24)19-14-11-12-16-21(19)25/h11-12,14,16,19H,2-10,13,15,17-18H2,1H3,(H,23,26). The Morgan fingerprint density at radius 3 is 2.27 bits per heavy atom. The second-order valence-electron chi connectivity index (χ2n) is 7.12. The van der Waals surface area contributed by atoms with Gasteiger partial charge in [0.25, 0.3) is 0 Å². The number of hydrogen-bond acceptors (Lipinski definition) is 3. The minimum atomic E-state index is -0.582. The van der Waals surface area contributed by atoms with Gasteiger partial charge in [0.05, 0.1) is 5.92 Å². The van der Waals surface area contributed by atoms with Crippen molar-refractivity contribution in [2.45, 2.75) is 84.0 Å². The van der Waals surface area contributed by atoms with Gasteiger partial charge >= 0.3 is 0 Å². The Balaban J connectivity index is 1.93. The zero-order valence-electron chi connectivity index (χ0n) is 16.3. The summed E-state index contributed by atoms with van der Waals surface area (Å²) in [6.07, 6.45) is 18.7. The minimum Gasteiger partial charge on any atom is -0.356 e. The van der Waals surface area contributed by atoms with Crippen LogP contribution in [0.4, 0.5) is 0 Å². The number of amides is 1. The number of hydrogen-bond donors (Lipinski definition) is 1. The van der Waals surface area contributed by atoms with Crippen molar-refractivity contribution in [3.8, 4) is 0 Å². The maximum Gasteiger partial charge on any atom is 0.219 e. The molecule has 0 bridgehead atoms. The molecule has 0 fully saturated rings. The summed E-state index contributed by atoms with van der Waals surface area (Å²) in [5, 5.41) is 2.95. The Kier molecular flexibility index (Phi) is 12.4. The van der Waals surface area contributed by atoms with Gasteiger partial charge in [-0.3, -0.25) is 14.4 Å². The number of rotatable bonds is 15. The van der Waals surface area contributed by atoms with Gasteiger partial charge in [0.1, 0.15) is 5.78 Å². The highest BCUT2D eigenvalue weighted by Crippen LogP contribution is 2.13. The predicted octanol–water partition coefficient (Wildman–Crippen LogP) is 4.68. The average molecular weight is 362 g/mol. The molecule has 0 aromatic carbocycles. The van der Waals surface area contributed by atoms with Gasteiger partial charge in [-0.1, -0.05) is 70.1 Å².